The number of carbonyl (C=O) groups excluding carboxylic acids is 1. The van der Waals surface area contributed by atoms with E-state index >= 15 is 0 Å². The second-order valence-electron chi connectivity index (χ2n) is 3.30. The normalized spacial score (nSPS) is 10.8. The molecule has 0 heterocycles. The highest BCUT2D eigenvalue weighted by Crippen LogP contribution is 2.08. The molecule has 0 saturated heterocycles. The van der Waals surface area contributed by atoms with Crippen LogP contribution in [-0.2, 0) is 19.0 Å². The molecule has 0 aromatic heterocycles. The fraction of sp³-hybridized carbons (Fsp3) is 0.727. The Morgan fingerprint density at radius 3 is 2.59 bits per heavy atom. The van der Waals surface area contributed by atoms with Crippen molar-refractivity contribution in [3.05, 3.63) is 0 Å². The molecule has 6 nitrogen and oxygen atoms in total. The molecule has 0 aliphatic rings. The van der Waals surface area contributed by atoms with Gasteiger partial charge >= 0.3 is 5.97 Å². The third-order valence-corrected chi connectivity index (χ3v) is 2.02. The SMILES string of the molecule is CCCCCC(OC#N)C(=O)OCCOC#N. The van der Waals surface area contributed by atoms with E-state index in [-0.39, 0.29) is 13.2 Å². The highest BCUT2D eigenvalue weighted by Gasteiger charge is 2.21. The Hall–Kier alpha value is -1.95. The minimum atomic E-state index is -0.853. The molecule has 0 fully saturated rings. The van der Waals surface area contributed by atoms with Crippen LogP contribution >= 0.6 is 0 Å². The Morgan fingerprint density at radius 1 is 1.24 bits per heavy atom. The third-order valence-electron chi connectivity index (χ3n) is 2.02. The van der Waals surface area contributed by atoms with Crippen molar-refractivity contribution in [1.82, 2.24) is 0 Å². The molecule has 0 bridgehead atoms. The Labute approximate surface area is 101 Å². The molecule has 17 heavy (non-hydrogen) atoms. The minimum absolute atomic E-state index is 0.0104. The highest BCUT2D eigenvalue weighted by molar-refractivity contribution is 5.74. The maximum atomic E-state index is 11.5. The van der Waals surface area contributed by atoms with E-state index in [4.69, 9.17) is 15.3 Å². The molecular formula is C11H16N2O4. The Kier molecular flexibility index (Phi) is 9.35. The van der Waals surface area contributed by atoms with Crippen LogP contribution < -0.4 is 0 Å². The molecule has 0 aliphatic carbocycles. The number of hydrogen-bond acceptors (Lipinski definition) is 6. The zero-order valence-electron chi connectivity index (χ0n) is 9.85. The van der Waals surface area contributed by atoms with Crippen molar-refractivity contribution in [2.24, 2.45) is 0 Å². The van der Waals surface area contributed by atoms with Gasteiger partial charge in [0, 0.05) is 0 Å². The summed E-state index contributed by atoms with van der Waals surface area (Å²) in [4.78, 5) is 11.5. The fourth-order valence-electron chi connectivity index (χ4n) is 1.19. The summed E-state index contributed by atoms with van der Waals surface area (Å²) in [6.07, 6.45) is 5.34. The van der Waals surface area contributed by atoms with E-state index in [2.05, 4.69) is 9.47 Å². The van der Waals surface area contributed by atoms with Crippen molar-refractivity contribution in [3.63, 3.8) is 0 Å². The van der Waals surface area contributed by atoms with Crippen molar-refractivity contribution in [2.75, 3.05) is 13.2 Å². The van der Waals surface area contributed by atoms with Gasteiger partial charge in [0.05, 0.1) is 0 Å². The Balaban J connectivity index is 3.89. The molecule has 0 N–H and O–H groups in total. The number of unbranched alkanes of at least 4 members (excludes halogenated alkanes) is 2. The minimum Gasteiger partial charge on any atom is -0.459 e. The molecule has 6 heteroatoms. The van der Waals surface area contributed by atoms with Crippen molar-refractivity contribution in [3.8, 4) is 12.5 Å². The average molecular weight is 240 g/mol. The van der Waals surface area contributed by atoms with Gasteiger partial charge in [-0.25, -0.2) is 4.79 Å². The predicted molar refractivity (Wildman–Crippen MR) is 57.2 cm³/mol. The predicted octanol–water partition coefficient (Wildman–Crippen LogP) is 1.47. The van der Waals surface area contributed by atoms with Crippen molar-refractivity contribution >= 4 is 5.97 Å². The first-order valence-electron chi connectivity index (χ1n) is 5.48. The smallest absolute Gasteiger partial charge is 0.348 e. The lowest BCUT2D eigenvalue weighted by Gasteiger charge is -2.12. The molecular weight excluding hydrogens is 224 g/mol. The van der Waals surface area contributed by atoms with Crippen LogP contribution in [0.5, 0.6) is 0 Å². The summed E-state index contributed by atoms with van der Waals surface area (Å²) >= 11 is 0. The largest absolute Gasteiger partial charge is 0.459 e. The van der Waals surface area contributed by atoms with E-state index in [9.17, 15) is 4.79 Å². The molecule has 0 aromatic carbocycles. The van der Waals surface area contributed by atoms with Crippen LogP contribution in [-0.4, -0.2) is 25.3 Å². The molecule has 0 aliphatic heterocycles. The molecule has 0 amide bonds. The number of carbonyl (C=O) groups is 1. The van der Waals surface area contributed by atoms with E-state index in [0.717, 1.165) is 19.3 Å². The number of nitriles is 2. The van der Waals surface area contributed by atoms with Gasteiger partial charge in [0.1, 0.15) is 13.2 Å². The molecule has 0 rings (SSSR count). The monoisotopic (exact) mass is 240 g/mol. The van der Waals surface area contributed by atoms with Crippen molar-refractivity contribution < 1.29 is 19.0 Å². The summed E-state index contributed by atoms with van der Waals surface area (Å²) in [5, 5.41) is 16.5. The van der Waals surface area contributed by atoms with E-state index < -0.39 is 12.1 Å². The van der Waals surface area contributed by atoms with E-state index in [0.29, 0.717) is 6.42 Å². The second kappa shape index (κ2) is 10.6. The lowest BCUT2D eigenvalue weighted by atomic mass is 10.1. The van der Waals surface area contributed by atoms with E-state index in [1.165, 1.54) is 12.5 Å². The van der Waals surface area contributed by atoms with Gasteiger partial charge in [-0.15, -0.1) is 0 Å². The summed E-state index contributed by atoms with van der Waals surface area (Å²) < 4.78 is 13.8. The van der Waals surface area contributed by atoms with Crippen LogP contribution in [0.1, 0.15) is 32.6 Å². The first-order chi connectivity index (χ1) is 8.26. The highest BCUT2D eigenvalue weighted by atomic mass is 16.6. The van der Waals surface area contributed by atoms with E-state index in [1.54, 1.807) is 0 Å². The van der Waals surface area contributed by atoms with Crippen LogP contribution in [0.25, 0.3) is 0 Å². The molecule has 0 aromatic rings. The molecule has 1 unspecified atom stereocenters. The van der Waals surface area contributed by atoms with Crippen molar-refractivity contribution in [2.45, 2.75) is 38.7 Å². The summed E-state index contributed by atoms with van der Waals surface area (Å²) in [5.74, 6) is -0.593. The van der Waals surface area contributed by atoms with Crippen LogP contribution in [0.15, 0.2) is 0 Å². The van der Waals surface area contributed by atoms with Crippen LogP contribution in [0, 0.1) is 23.0 Å². The van der Waals surface area contributed by atoms with Gasteiger partial charge in [-0.2, -0.15) is 10.5 Å². The van der Waals surface area contributed by atoms with Crippen LogP contribution in [0.2, 0.25) is 0 Å². The summed E-state index contributed by atoms with van der Waals surface area (Å²) in [7, 11) is 0. The Morgan fingerprint density at radius 2 is 2.00 bits per heavy atom. The third kappa shape index (κ3) is 7.92. The number of hydrogen-bond donors (Lipinski definition) is 0. The van der Waals surface area contributed by atoms with Gasteiger partial charge in [-0.3, -0.25) is 0 Å². The Bertz CT molecular complexity index is 293. The lowest BCUT2D eigenvalue weighted by Crippen LogP contribution is -2.26. The summed E-state index contributed by atoms with van der Waals surface area (Å²) in [6, 6.07) is 0. The second-order valence-corrected chi connectivity index (χ2v) is 3.30. The first-order valence-corrected chi connectivity index (χ1v) is 5.48. The quantitative estimate of drug-likeness (QED) is 0.344. The number of ether oxygens (including phenoxy) is 3. The molecule has 1 atom stereocenters. The standard InChI is InChI=1S/C11H16N2O4/c1-2-3-4-5-10(17-9-13)11(14)16-7-6-15-8-12/h10H,2-7H2,1H3. The van der Waals surface area contributed by atoms with Crippen molar-refractivity contribution in [1.29, 1.82) is 10.5 Å². The topological polar surface area (TPSA) is 92.3 Å². The van der Waals surface area contributed by atoms with Crippen LogP contribution in [0.3, 0.4) is 0 Å². The first kappa shape index (κ1) is 15.0. The van der Waals surface area contributed by atoms with Gasteiger partial charge in [0.25, 0.3) is 12.5 Å². The zero-order chi connectivity index (χ0) is 12.9. The van der Waals surface area contributed by atoms with E-state index in [1.807, 2.05) is 6.92 Å². The molecule has 94 valence electrons. The molecule has 0 spiro atoms. The van der Waals surface area contributed by atoms with Gasteiger partial charge in [0.15, 0.2) is 0 Å². The number of nitrogens with zero attached hydrogens (tertiary/aromatic N) is 2. The molecule has 0 saturated carbocycles. The van der Waals surface area contributed by atoms with Gasteiger partial charge < -0.3 is 14.2 Å². The van der Waals surface area contributed by atoms with Gasteiger partial charge in [0.2, 0.25) is 6.10 Å². The fourth-order valence-corrected chi connectivity index (χ4v) is 1.19. The maximum absolute atomic E-state index is 11.5. The number of rotatable bonds is 9. The van der Waals surface area contributed by atoms with Gasteiger partial charge in [-0.05, 0) is 12.8 Å². The summed E-state index contributed by atoms with van der Waals surface area (Å²) in [5.41, 5.74) is 0. The van der Waals surface area contributed by atoms with Crippen LogP contribution in [0.4, 0.5) is 0 Å². The lowest BCUT2D eigenvalue weighted by molar-refractivity contribution is -0.154. The molecule has 0 radical (unpaired) electrons. The number of esters is 1. The maximum Gasteiger partial charge on any atom is 0.348 e. The average Bonchev–Trinajstić information content (AvgIpc) is 2.33. The summed E-state index contributed by atoms with van der Waals surface area (Å²) in [6.45, 7) is 2.03. The zero-order valence-corrected chi connectivity index (χ0v) is 9.85. The van der Waals surface area contributed by atoms with Gasteiger partial charge in [-0.1, -0.05) is 19.8 Å².